The molecule has 0 spiro atoms. The number of phenolic OH excluding ortho intramolecular Hbond substituents is 1. The summed E-state index contributed by atoms with van der Waals surface area (Å²) in [4.78, 5) is 15.9. The third-order valence-electron chi connectivity index (χ3n) is 3.47. The summed E-state index contributed by atoms with van der Waals surface area (Å²) < 4.78 is 18.6. The van der Waals surface area contributed by atoms with Crippen LogP contribution in [-0.2, 0) is 9.53 Å². The highest BCUT2D eigenvalue weighted by Crippen LogP contribution is 2.43. The fraction of sp³-hybridized carbons (Fsp3) is 0.294. The van der Waals surface area contributed by atoms with Crippen molar-refractivity contribution in [2.75, 3.05) is 19.0 Å². The van der Waals surface area contributed by atoms with Crippen LogP contribution in [0.5, 0.6) is 5.75 Å². The number of pyridine rings is 1. The minimum Gasteiger partial charge on any atom is -0.508 e. The molecule has 0 aliphatic rings. The van der Waals surface area contributed by atoms with Crippen LogP contribution < -0.4 is 5.32 Å². The smallest absolute Gasteiger partial charge is 0.325 e. The molecule has 0 saturated carbocycles. The third kappa shape index (κ3) is 4.72. The Kier molecular flexibility index (Phi) is 6.97. The fourth-order valence-electron chi connectivity index (χ4n) is 2.11. The maximum absolute atomic E-state index is 14.1. The lowest BCUT2D eigenvalue weighted by molar-refractivity contribution is -0.138. The zero-order valence-corrected chi connectivity index (χ0v) is 16.6. The molecule has 9 heteroatoms. The van der Waals surface area contributed by atoms with Gasteiger partial charge >= 0.3 is 5.97 Å². The van der Waals surface area contributed by atoms with Crippen LogP contribution in [0.2, 0.25) is 10.0 Å². The monoisotopic (exact) mass is 418 g/mol. The molecule has 0 bridgehead atoms. The average molecular weight is 419 g/mol. The molecular formula is C17H17Cl2FN2O3S. The SMILES string of the molecule is COC(=O)CNc1nc(F)c(Cl)c(Sc2ccc(O)c(C(C)C)c2)c1Cl. The second-order valence-corrected chi connectivity index (χ2v) is 7.46. The van der Waals surface area contributed by atoms with E-state index in [-0.39, 0.29) is 39.0 Å². The molecule has 1 aromatic heterocycles. The van der Waals surface area contributed by atoms with Crippen LogP contribution in [0.25, 0.3) is 0 Å². The van der Waals surface area contributed by atoms with Crippen molar-refractivity contribution < 1.29 is 19.0 Å². The van der Waals surface area contributed by atoms with Crippen molar-refractivity contribution >= 4 is 46.8 Å². The van der Waals surface area contributed by atoms with Gasteiger partial charge in [0, 0.05) is 4.90 Å². The lowest BCUT2D eigenvalue weighted by atomic mass is 10.0. The first-order chi connectivity index (χ1) is 12.2. The van der Waals surface area contributed by atoms with Gasteiger partial charge in [0.25, 0.3) is 0 Å². The van der Waals surface area contributed by atoms with Crippen molar-refractivity contribution in [1.82, 2.24) is 4.98 Å². The van der Waals surface area contributed by atoms with E-state index in [1.807, 2.05) is 13.8 Å². The van der Waals surface area contributed by atoms with Gasteiger partial charge in [0.05, 0.1) is 17.0 Å². The summed E-state index contributed by atoms with van der Waals surface area (Å²) in [7, 11) is 1.24. The van der Waals surface area contributed by atoms with Crippen LogP contribution in [0, 0.1) is 5.95 Å². The number of halogens is 3. The van der Waals surface area contributed by atoms with Crippen LogP contribution >= 0.6 is 35.0 Å². The van der Waals surface area contributed by atoms with E-state index in [4.69, 9.17) is 23.2 Å². The summed E-state index contributed by atoms with van der Waals surface area (Å²) >= 11 is 13.5. The van der Waals surface area contributed by atoms with E-state index in [1.54, 1.807) is 18.2 Å². The third-order valence-corrected chi connectivity index (χ3v) is 5.51. The lowest BCUT2D eigenvalue weighted by Crippen LogP contribution is -2.16. The van der Waals surface area contributed by atoms with Crippen LogP contribution in [0.3, 0.4) is 0 Å². The Labute approximate surface area is 164 Å². The molecule has 5 nitrogen and oxygen atoms in total. The number of anilines is 1. The van der Waals surface area contributed by atoms with Crippen LogP contribution in [-0.4, -0.2) is 29.7 Å². The van der Waals surface area contributed by atoms with Gasteiger partial charge in [-0.05, 0) is 29.7 Å². The molecule has 0 atom stereocenters. The molecule has 0 radical (unpaired) electrons. The number of hydrogen-bond donors (Lipinski definition) is 2. The first-order valence-corrected chi connectivity index (χ1v) is 9.17. The number of esters is 1. The van der Waals surface area contributed by atoms with Gasteiger partial charge in [0.1, 0.15) is 23.1 Å². The molecule has 140 valence electrons. The number of rotatable bonds is 6. The van der Waals surface area contributed by atoms with Crippen LogP contribution in [0.1, 0.15) is 25.3 Å². The summed E-state index contributed by atoms with van der Waals surface area (Å²) in [6, 6.07) is 5.03. The summed E-state index contributed by atoms with van der Waals surface area (Å²) in [5.74, 6) is -1.18. The topological polar surface area (TPSA) is 71.5 Å². The Hall–Kier alpha value is -1.70. The molecular weight excluding hydrogens is 402 g/mol. The Bertz CT molecular complexity index is 834. The number of methoxy groups -OCH3 is 1. The zero-order chi connectivity index (χ0) is 19.4. The zero-order valence-electron chi connectivity index (χ0n) is 14.3. The predicted octanol–water partition coefficient (Wildman–Crippen LogP) is 5.09. The molecule has 0 fully saturated rings. The van der Waals surface area contributed by atoms with Gasteiger partial charge in [0.15, 0.2) is 0 Å². The number of nitrogens with zero attached hydrogens (tertiary/aromatic N) is 1. The van der Waals surface area contributed by atoms with E-state index < -0.39 is 11.9 Å². The van der Waals surface area contributed by atoms with E-state index in [1.165, 1.54) is 7.11 Å². The normalized spacial score (nSPS) is 10.9. The quantitative estimate of drug-likeness (QED) is 0.502. The summed E-state index contributed by atoms with van der Waals surface area (Å²) in [6.07, 6.45) is 0. The number of aromatic hydroxyl groups is 1. The molecule has 1 aromatic carbocycles. The van der Waals surface area contributed by atoms with Crippen molar-refractivity contribution in [2.24, 2.45) is 0 Å². The highest BCUT2D eigenvalue weighted by molar-refractivity contribution is 7.99. The molecule has 2 N–H and O–H groups in total. The van der Waals surface area contributed by atoms with Gasteiger partial charge in [-0.1, -0.05) is 48.8 Å². The number of ether oxygens (including phenoxy) is 1. The van der Waals surface area contributed by atoms with Crippen molar-refractivity contribution in [2.45, 2.75) is 29.6 Å². The molecule has 0 aliphatic heterocycles. The predicted molar refractivity (Wildman–Crippen MR) is 101 cm³/mol. The molecule has 1 heterocycles. The molecule has 0 saturated heterocycles. The van der Waals surface area contributed by atoms with Gasteiger partial charge in [-0.3, -0.25) is 4.79 Å². The standard InChI is InChI=1S/C17H17Cl2FN2O3S/c1-8(2)10-6-9(4-5-11(10)23)26-15-13(18)16(20)22-17(14(15)19)21-7-12(24)25-3/h4-6,8,23H,7H2,1-3H3,(H,21,22). The average Bonchev–Trinajstić information content (AvgIpc) is 2.61. The number of hydrogen-bond acceptors (Lipinski definition) is 6. The Morgan fingerprint density at radius 2 is 2.08 bits per heavy atom. The van der Waals surface area contributed by atoms with Gasteiger partial charge in [-0.2, -0.15) is 9.37 Å². The molecule has 0 unspecified atom stereocenters. The van der Waals surface area contributed by atoms with Crippen LogP contribution in [0.4, 0.5) is 10.2 Å². The highest BCUT2D eigenvalue weighted by Gasteiger charge is 2.20. The Morgan fingerprint density at radius 1 is 1.38 bits per heavy atom. The van der Waals surface area contributed by atoms with E-state index in [0.717, 1.165) is 22.2 Å². The minimum atomic E-state index is -0.909. The second-order valence-electron chi connectivity index (χ2n) is 5.62. The van der Waals surface area contributed by atoms with Gasteiger partial charge in [0.2, 0.25) is 5.95 Å². The van der Waals surface area contributed by atoms with Crippen molar-refractivity contribution in [1.29, 1.82) is 0 Å². The van der Waals surface area contributed by atoms with Crippen molar-refractivity contribution in [3.8, 4) is 5.75 Å². The Morgan fingerprint density at radius 3 is 2.69 bits per heavy atom. The number of benzene rings is 1. The first-order valence-electron chi connectivity index (χ1n) is 7.60. The number of phenols is 1. The summed E-state index contributed by atoms with van der Waals surface area (Å²) in [6.45, 7) is 3.68. The van der Waals surface area contributed by atoms with Crippen molar-refractivity contribution in [3.63, 3.8) is 0 Å². The lowest BCUT2D eigenvalue weighted by Gasteiger charge is -2.14. The number of nitrogens with one attached hydrogen (secondary N) is 1. The Balaban J connectivity index is 2.38. The van der Waals surface area contributed by atoms with Gasteiger partial charge in [-0.15, -0.1) is 0 Å². The first kappa shape index (κ1) is 20.6. The number of carbonyl (C=O) groups excluding carboxylic acids is 1. The molecule has 0 aliphatic carbocycles. The fourth-order valence-corrected chi connectivity index (χ4v) is 3.64. The maximum atomic E-state index is 14.1. The molecule has 26 heavy (non-hydrogen) atoms. The molecule has 2 aromatic rings. The van der Waals surface area contributed by atoms with Crippen molar-refractivity contribution in [3.05, 3.63) is 39.8 Å². The number of carbonyl (C=O) groups is 1. The summed E-state index contributed by atoms with van der Waals surface area (Å²) in [5.41, 5.74) is 0.751. The van der Waals surface area contributed by atoms with Crippen LogP contribution in [0.15, 0.2) is 28.0 Å². The molecule has 2 rings (SSSR count). The largest absolute Gasteiger partial charge is 0.508 e. The highest BCUT2D eigenvalue weighted by atomic mass is 35.5. The van der Waals surface area contributed by atoms with E-state index in [0.29, 0.717) is 0 Å². The molecule has 0 amide bonds. The van der Waals surface area contributed by atoms with Gasteiger partial charge in [-0.25, -0.2) is 0 Å². The second kappa shape index (κ2) is 8.79. The van der Waals surface area contributed by atoms with E-state index in [9.17, 15) is 14.3 Å². The summed E-state index contributed by atoms with van der Waals surface area (Å²) in [5, 5.41) is 12.4. The van der Waals surface area contributed by atoms with E-state index >= 15 is 0 Å². The maximum Gasteiger partial charge on any atom is 0.325 e. The van der Waals surface area contributed by atoms with E-state index in [2.05, 4.69) is 15.0 Å². The number of aromatic nitrogens is 1. The minimum absolute atomic E-state index is 0.00988. The van der Waals surface area contributed by atoms with Gasteiger partial charge < -0.3 is 15.2 Å².